The molecule has 3 heterocycles. The number of phosphoric ester groups is 1. The Labute approximate surface area is 182 Å². The maximum Gasteiger partial charge on any atom is 0.490 e. The second kappa shape index (κ2) is 7.35. The van der Waals surface area contributed by atoms with E-state index < -0.39 is 53.0 Å². The molecule has 0 spiro atoms. The molecule has 18 nitrogen and oxygen atoms in total. The third-order valence-electron chi connectivity index (χ3n) is 4.81. The minimum absolute atomic E-state index is 0.0205. The van der Waals surface area contributed by atoms with E-state index >= 15 is 0 Å². The summed E-state index contributed by atoms with van der Waals surface area (Å²) in [6, 6.07) is 0. The van der Waals surface area contributed by atoms with Crippen molar-refractivity contribution in [1.82, 2.24) is 19.6 Å². The zero-order valence-corrected chi connectivity index (χ0v) is 18.4. The number of ether oxygens (including phenoxy) is 1. The fourth-order valence-corrected chi connectivity index (χ4v) is 6.68. The maximum absolute atomic E-state index is 12.1. The van der Waals surface area contributed by atoms with E-state index in [0.717, 1.165) is 10.8 Å². The zero-order chi connectivity index (χ0) is 24.6. The number of nitrogens with two attached hydrogens (primary N) is 1. The highest BCUT2D eigenvalue weighted by atomic mass is 31.3. The average molecular weight is 529 g/mol. The van der Waals surface area contributed by atoms with Gasteiger partial charge in [0.25, 0.3) is 0 Å². The zero-order valence-electron chi connectivity index (χ0n) is 15.7. The van der Waals surface area contributed by atoms with Crippen LogP contribution in [0.2, 0.25) is 0 Å². The van der Waals surface area contributed by atoms with Gasteiger partial charge in [0.2, 0.25) is 0 Å². The van der Waals surface area contributed by atoms with Crippen molar-refractivity contribution in [3.8, 4) is 12.3 Å². The first-order valence-electron chi connectivity index (χ1n) is 8.39. The monoisotopic (exact) mass is 529 g/mol. The van der Waals surface area contributed by atoms with Gasteiger partial charge in [-0.25, -0.2) is 28.2 Å². The molecule has 21 heteroatoms. The number of hydrogen-bond donors (Lipinski definition) is 7. The molecule has 8 N–H and O–H groups in total. The molecule has 7 atom stereocenters. The molecule has 1 aliphatic carbocycles. The summed E-state index contributed by atoms with van der Waals surface area (Å²) >= 11 is 0. The number of terminal acetylenes is 1. The SMILES string of the molecule is C#C[C@]1(O)[C@H](c2cnc3c(N)ncnn23)O[C@@H]2C(OP(=O)(O)OP(=O)(O)OP(=O)(O)O)[C@@]21O. The lowest BCUT2D eigenvalue weighted by atomic mass is 9.88. The van der Waals surface area contributed by atoms with Gasteiger partial charge in [-0.15, -0.1) is 6.42 Å². The molecule has 1 saturated heterocycles. The third kappa shape index (κ3) is 3.93. The summed E-state index contributed by atoms with van der Waals surface area (Å²) in [5.41, 5.74) is 0.655. The minimum atomic E-state index is -5.80. The molecule has 2 aliphatic rings. The number of rotatable bonds is 7. The number of nitrogens with zero attached hydrogens (tertiary/aromatic N) is 4. The molecular formula is C12H14N5O13P3. The Kier molecular flexibility index (Phi) is 5.42. The Morgan fingerprint density at radius 3 is 2.42 bits per heavy atom. The quantitative estimate of drug-likeness (QED) is 0.150. The Bertz CT molecular complexity index is 1320. The summed E-state index contributed by atoms with van der Waals surface area (Å²) in [5, 5.41) is 25.8. The van der Waals surface area contributed by atoms with Gasteiger partial charge in [0.1, 0.15) is 24.6 Å². The molecule has 2 fully saturated rings. The summed E-state index contributed by atoms with van der Waals surface area (Å²) in [5.74, 6) is 1.91. The first kappa shape index (κ1) is 24.3. The van der Waals surface area contributed by atoms with E-state index in [1.807, 2.05) is 5.92 Å². The van der Waals surface area contributed by atoms with Crippen LogP contribution in [-0.4, -0.2) is 72.8 Å². The van der Waals surface area contributed by atoms with Gasteiger partial charge in [-0.1, -0.05) is 5.92 Å². The van der Waals surface area contributed by atoms with Crippen molar-refractivity contribution < 1.29 is 61.4 Å². The van der Waals surface area contributed by atoms with Crippen molar-refractivity contribution in [1.29, 1.82) is 0 Å². The number of phosphoric acid groups is 3. The van der Waals surface area contributed by atoms with E-state index in [2.05, 4.69) is 28.2 Å². The van der Waals surface area contributed by atoms with E-state index in [9.17, 15) is 33.7 Å². The van der Waals surface area contributed by atoms with Crippen LogP contribution in [0.3, 0.4) is 0 Å². The lowest BCUT2D eigenvalue weighted by Crippen LogP contribution is -2.48. The van der Waals surface area contributed by atoms with Crippen molar-refractivity contribution in [3.05, 3.63) is 18.2 Å². The third-order valence-corrected chi connectivity index (χ3v) is 8.64. The second-order valence-electron chi connectivity index (χ2n) is 6.85. The van der Waals surface area contributed by atoms with Crippen molar-refractivity contribution in [2.45, 2.75) is 29.5 Å². The highest BCUT2D eigenvalue weighted by molar-refractivity contribution is 7.66. The minimum Gasteiger partial charge on any atom is -0.381 e. The van der Waals surface area contributed by atoms with E-state index in [1.165, 1.54) is 6.20 Å². The Balaban J connectivity index is 1.58. The molecule has 0 amide bonds. The molecule has 1 aliphatic heterocycles. The molecule has 2 aromatic heterocycles. The molecule has 1 saturated carbocycles. The maximum atomic E-state index is 12.1. The average Bonchev–Trinajstić information content (AvgIpc) is 2.96. The van der Waals surface area contributed by atoms with Crippen molar-refractivity contribution >= 4 is 34.9 Å². The predicted molar refractivity (Wildman–Crippen MR) is 100 cm³/mol. The molecule has 0 bridgehead atoms. The van der Waals surface area contributed by atoms with Crippen LogP contribution in [0.5, 0.6) is 0 Å². The van der Waals surface area contributed by atoms with Crippen LogP contribution in [0, 0.1) is 12.3 Å². The fraction of sp³-hybridized carbons (Fsp3) is 0.417. The Morgan fingerprint density at radius 1 is 1.15 bits per heavy atom. The van der Waals surface area contributed by atoms with Crippen LogP contribution in [-0.2, 0) is 31.6 Å². The van der Waals surface area contributed by atoms with Crippen LogP contribution in [0.25, 0.3) is 5.65 Å². The molecular weight excluding hydrogens is 515 g/mol. The molecule has 0 radical (unpaired) electrons. The normalized spacial score (nSPS) is 34.9. The van der Waals surface area contributed by atoms with E-state index in [4.69, 9.17) is 26.7 Å². The van der Waals surface area contributed by atoms with Crippen LogP contribution >= 0.6 is 23.5 Å². The molecule has 4 rings (SSSR count). The summed E-state index contributed by atoms with van der Waals surface area (Å²) in [4.78, 5) is 43.7. The summed E-state index contributed by atoms with van der Waals surface area (Å²) in [7, 11) is -17.0. The first-order valence-corrected chi connectivity index (χ1v) is 12.9. The van der Waals surface area contributed by atoms with Crippen LogP contribution < -0.4 is 5.73 Å². The molecule has 2 aromatic rings. The van der Waals surface area contributed by atoms with Gasteiger partial charge < -0.3 is 40.3 Å². The van der Waals surface area contributed by atoms with Gasteiger partial charge in [0.15, 0.2) is 22.7 Å². The number of hydrogen-bond acceptors (Lipinski definition) is 13. The molecule has 3 unspecified atom stereocenters. The fourth-order valence-electron chi connectivity index (χ4n) is 3.46. The van der Waals surface area contributed by atoms with Gasteiger partial charge in [-0.2, -0.15) is 13.7 Å². The number of nitrogen functional groups attached to an aromatic ring is 1. The van der Waals surface area contributed by atoms with Crippen LogP contribution in [0.1, 0.15) is 11.8 Å². The van der Waals surface area contributed by atoms with E-state index in [0.29, 0.717) is 0 Å². The number of aromatic nitrogens is 4. The second-order valence-corrected chi connectivity index (χ2v) is 11.2. The van der Waals surface area contributed by atoms with Gasteiger partial charge in [-0.3, -0.25) is 4.52 Å². The summed E-state index contributed by atoms with van der Waals surface area (Å²) in [6.45, 7) is 0. The van der Waals surface area contributed by atoms with Crippen LogP contribution in [0.4, 0.5) is 5.82 Å². The molecule has 33 heavy (non-hydrogen) atoms. The Hall–Kier alpha value is -1.80. The lowest BCUT2D eigenvalue weighted by molar-refractivity contribution is -0.109. The van der Waals surface area contributed by atoms with Crippen molar-refractivity contribution in [2.24, 2.45) is 0 Å². The number of fused-ring (bicyclic) bond motifs is 2. The number of aliphatic hydroxyl groups is 2. The topological polar surface area (TPSA) is 279 Å². The predicted octanol–water partition coefficient (Wildman–Crippen LogP) is -2.03. The van der Waals surface area contributed by atoms with Gasteiger partial charge in [-0.05, 0) is 0 Å². The van der Waals surface area contributed by atoms with Crippen LogP contribution in [0.15, 0.2) is 12.5 Å². The van der Waals surface area contributed by atoms with Crippen molar-refractivity contribution in [2.75, 3.05) is 5.73 Å². The smallest absolute Gasteiger partial charge is 0.381 e. The van der Waals surface area contributed by atoms with E-state index in [1.54, 1.807) is 0 Å². The van der Waals surface area contributed by atoms with Gasteiger partial charge in [0.05, 0.1) is 11.9 Å². The summed E-state index contributed by atoms with van der Waals surface area (Å²) < 4.78 is 52.6. The first-order chi connectivity index (χ1) is 15.0. The largest absolute Gasteiger partial charge is 0.490 e. The molecule has 180 valence electrons. The number of anilines is 1. The van der Waals surface area contributed by atoms with Gasteiger partial charge in [0, 0.05) is 0 Å². The van der Waals surface area contributed by atoms with Gasteiger partial charge >= 0.3 is 23.5 Å². The highest BCUT2D eigenvalue weighted by Gasteiger charge is 2.85. The standard InChI is InChI=1S/C12H14N5O13P3/c1-2-11(18)6(5-3-14-10-9(13)15-4-16-17(5)10)27-7-8(12(7,11)19)28-32(23,24)30-33(25,26)29-31(20,21)22/h1,3-4,6-8,18-19H,(H,23,24)(H,25,26)(H2,13,15,16)(H2,20,21,22)/t6-,7+,8?,11-,12-/m0/s1. The molecule has 0 aromatic carbocycles. The Morgan fingerprint density at radius 2 is 1.82 bits per heavy atom. The van der Waals surface area contributed by atoms with Crippen molar-refractivity contribution in [3.63, 3.8) is 0 Å². The highest BCUT2D eigenvalue weighted by Crippen LogP contribution is 2.70. The summed E-state index contributed by atoms with van der Waals surface area (Å²) in [6.07, 6.45) is 2.72. The van der Waals surface area contributed by atoms with E-state index in [-0.39, 0.29) is 17.2 Å². The number of imidazole rings is 1. The lowest BCUT2D eigenvalue weighted by Gasteiger charge is -2.31.